The number of amides is 1. The molecule has 0 aliphatic carbocycles. The van der Waals surface area contributed by atoms with Gasteiger partial charge in [-0.25, -0.2) is 0 Å². The number of hydrogen-bond donors (Lipinski definition) is 2. The van der Waals surface area contributed by atoms with Gasteiger partial charge in [-0.3, -0.25) is 4.79 Å². The number of hydrogen-bond acceptors (Lipinski definition) is 4. The summed E-state index contributed by atoms with van der Waals surface area (Å²) in [6, 6.07) is 1.82. The van der Waals surface area contributed by atoms with E-state index in [1.807, 2.05) is 26.2 Å². The molecule has 0 spiro atoms. The van der Waals surface area contributed by atoms with Gasteiger partial charge in [0.1, 0.15) is 5.76 Å². The molecule has 1 amide bonds. The molecular formula is C12H19NO3S. The molecule has 96 valence electrons. The molecule has 1 atom stereocenters. The topological polar surface area (TPSA) is 62.5 Å². The lowest BCUT2D eigenvalue weighted by Gasteiger charge is -2.15. The zero-order chi connectivity index (χ0) is 12.8. The van der Waals surface area contributed by atoms with Gasteiger partial charge in [0.25, 0.3) is 5.91 Å². The van der Waals surface area contributed by atoms with Crippen LogP contribution in [0, 0.1) is 13.8 Å². The van der Waals surface area contributed by atoms with E-state index >= 15 is 0 Å². The molecule has 1 rings (SSSR count). The summed E-state index contributed by atoms with van der Waals surface area (Å²) in [5.74, 6) is 1.68. The Labute approximate surface area is 106 Å². The Kier molecular flexibility index (Phi) is 5.58. The normalized spacial score (nSPS) is 12.5. The number of furan rings is 1. The summed E-state index contributed by atoms with van der Waals surface area (Å²) in [5.41, 5.74) is 0.840. The molecule has 0 saturated carbocycles. The molecule has 17 heavy (non-hydrogen) atoms. The van der Waals surface area contributed by atoms with Crippen molar-refractivity contribution in [1.82, 2.24) is 5.32 Å². The van der Waals surface area contributed by atoms with Crippen LogP contribution in [0.15, 0.2) is 10.5 Å². The van der Waals surface area contributed by atoms with Crippen molar-refractivity contribution >= 4 is 17.7 Å². The van der Waals surface area contributed by atoms with E-state index in [9.17, 15) is 4.79 Å². The van der Waals surface area contributed by atoms with Crippen molar-refractivity contribution in [2.45, 2.75) is 26.3 Å². The summed E-state index contributed by atoms with van der Waals surface area (Å²) in [4.78, 5) is 11.9. The van der Waals surface area contributed by atoms with E-state index in [4.69, 9.17) is 9.52 Å². The van der Waals surface area contributed by atoms with Gasteiger partial charge in [0.15, 0.2) is 5.76 Å². The van der Waals surface area contributed by atoms with E-state index < -0.39 is 0 Å². The third-order valence-corrected chi connectivity index (χ3v) is 3.16. The molecule has 0 fully saturated rings. The molecule has 0 radical (unpaired) electrons. The van der Waals surface area contributed by atoms with E-state index in [0.717, 1.165) is 17.1 Å². The number of nitrogens with one attached hydrogen (secondary N) is 1. The Balaban J connectivity index is 2.66. The highest BCUT2D eigenvalue weighted by Gasteiger charge is 2.18. The number of aliphatic hydroxyl groups excluding tert-OH is 1. The third-order valence-electron chi connectivity index (χ3n) is 2.43. The number of aryl methyl sites for hydroxylation is 2. The van der Waals surface area contributed by atoms with Crippen LogP contribution in [-0.4, -0.2) is 35.7 Å². The third kappa shape index (κ3) is 4.09. The standard InChI is InChI=1S/C12H19NO3S/c1-8-6-9(2)16-11(8)12(15)13-10(4-5-14)7-17-3/h6,10,14H,4-5,7H2,1-3H3,(H,13,15). The average Bonchev–Trinajstić information content (AvgIpc) is 2.58. The lowest BCUT2D eigenvalue weighted by Crippen LogP contribution is -2.37. The Hall–Kier alpha value is -0.940. The van der Waals surface area contributed by atoms with Crippen LogP contribution in [0.4, 0.5) is 0 Å². The van der Waals surface area contributed by atoms with E-state index in [-0.39, 0.29) is 18.6 Å². The second-order valence-electron chi connectivity index (χ2n) is 4.01. The van der Waals surface area contributed by atoms with Crippen LogP contribution in [0.1, 0.15) is 28.3 Å². The lowest BCUT2D eigenvalue weighted by molar-refractivity contribution is 0.0905. The van der Waals surface area contributed by atoms with Crippen molar-refractivity contribution < 1.29 is 14.3 Å². The largest absolute Gasteiger partial charge is 0.456 e. The average molecular weight is 257 g/mol. The van der Waals surface area contributed by atoms with Gasteiger partial charge >= 0.3 is 0 Å². The molecule has 0 saturated heterocycles. The summed E-state index contributed by atoms with van der Waals surface area (Å²) in [6.45, 7) is 3.74. The first-order chi connectivity index (χ1) is 8.08. The Morgan fingerprint density at radius 1 is 1.59 bits per heavy atom. The van der Waals surface area contributed by atoms with Gasteiger partial charge in [0, 0.05) is 24.0 Å². The van der Waals surface area contributed by atoms with Crippen molar-refractivity contribution in [1.29, 1.82) is 0 Å². The van der Waals surface area contributed by atoms with Gasteiger partial charge in [-0.15, -0.1) is 0 Å². The second kappa shape index (κ2) is 6.71. The first-order valence-electron chi connectivity index (χ1n) is 5.56. The van der Waals surface area contributed by atoms with E-state index in [1.165, 1.54) is 0 Å². The molecule has 1 aromatic rings. The maximum absolute atomic E-state index is 11.9. The van der Waals surface area contributed by atoms with Gasteiger partial charge in [-0.05, 0) is 32.6 Å². The smallest absolute Gasteiger partial charge is 0.287 e. The summed E-state index contributed by atoms with van der Waals surface area (Å²) in [6.07, 6.45) is 2.53. The zero-order valence-electron chi connectivity index (χ0n) is 10.4. The molecule has 4 nitrogen and oxygen atoms in total. The van der Waals surface area contributed by atoms with Crippen LogP contribution < -0.4 is 5.32 Å². The molecule has 1 heterocycles. The zero-order valence-corrected chi connectivity index (χ0v) is 11.3. The molecule has 5 heteroatoms. The highest BCUT2D eigenvalue weighted by atomic mass is 32.2. The number of thioether (sulfide) groups is 1. The number of aliphatic hydroxyl groups is 1. The summed E-state index contributed by atoms with van der Waals surface area (Å²) < 4.78 is 5.35. The summed E-state index contributed by atoms with van der Waals surface area (Å²) in [7, 11) is 0. The minimum atomic E-state index is -0.205. The van der Waals surface area contributed by atoms with Crippen LogP contribution >= 0.6 is 11.8 Å². The van der Waals surface area contributed by atoms with Crippen LogP contribution in [0.5, 0.6) is 0 Å². The first-order valence-corrected chi connectivity index (χ1v) is 6.95. The molecule has 1 aromatic heterocycles. The predicted octanol–water partition coefficient (Wildman–Crippen LogP) is 1.74. The highest BCUT2D eigenvalue weighted by molar-refractivity contribution is 7.98. The SMILES string of the molecule is CSCC(CCO)NC(=O)c1oc(C)cc1C. The minimum Gasteiger partial charge on any atom is -0.456 e. The van der Waals surface area contributed by atoms with Gasteiger partial charge in [0.2, 0.25) is 0 Å². The molecular weight excluding hydrogens is 238 g/mol. The van der Waals surface area contributed by atoms with Crippen LogP contribution in [-0.2, 0) is 0 Å². The number of carbonyl (C=O) groups excluding carboxylic acids is 1. The fourth-order valence-corrected chi connectivity index (χ4v) is 2.32. The monoisotopic (exact) mass is 257 g/mol. The molecule has 2 N–H and O–H groups in total. The quantitative estimate of drug-likeness (QED) is 0.815. The van der Waals surface area contributed by atoms with Crippen molar-refractivity contribution in [2.24, 2.45) is 0 Å². The second-order valence-corrected chi connectivity index (χ2v) is 4.92. The predicted molar refractivity (Wildman–Crippen MR) is 69.5 cm³/mol. The van der Waals surface area contributed by atoms with Crippen molar-refractivity contribution in [3.05, 3.63) is 23.2 Å². The lowest BCUT2D eigenvalue weighted by atomic mass is 10.2. The maximum atomic E-state index is 11.9. The number of carbonyl (C=O) groups is 1. The Morgan fingerprint density at radius 2 is 2.29 bits per heavy atom. The van der Waals surface area contributed by atoms with E-state index in [0.29, 0.717) is 12.2 Å². The Morgan fingerprint density at radius 3 is 2.76 bits per heavy atom. The van der Waals surface area contributed by atoms with Crippen molar-refractivity contribution in [3.8, 4) is 0 Å². The minimum absolute atomic E-state index is 0.0210. The van der Waals surface area contributed by atoms with Crippen LogP contribution in [0.2, 0.25) is 0 Å². The maximum Gasteiger partial charge on any atom is 0.287 e. The molecule has 1 unspecified atom stereocenters. The fraction of sp³-hybridized carbons (Fsp3) is 0.583. The molecule has 0 aliphatic rings. The van der Waals surface area contributed by atoms with Crippen molar-refractivity contribution in [3.63, 3.8) is 0 Å². The van der Waals surface area contributed by atoms with Crippen LogP contribution in [0.3, 0.4) is 0 Å². The molecule has 0 bridgehead atoms. The van der Waals surface area contributed by atoms with Gasteiger partial charge in [-0.1, -0.05) is 0 Å². The fourth-order valence-electron chi connectivity index (χ4n) is 1.67. The van der Waals surface area contributed by atoms with E-state index in [1.54, 1.807) is 11.8 Å². The first kappa shape index (κ1) is 14.1. The van der Waals surface area contributed by atoms with Gasteiger partial charge in [-0.2, -0.15) is 11.8 Å². The van der Waals surface area contributed by atoms with Gasteiger partial charge in [0.05, 0.1) is 0 Å². The molecule has 0 aliphatic heterocycles. The van der Waals surface area contributed by atoms with Crippen LogP contribution in [0.25, 0.3) is 0 Å². The van der Waals surface area contributed by atoms with Crippen molar-refractivity contribution in [2.75, 3.05) is 18.6 Å². The van der Waals surface area contributed by atoms with E-state index in [2.05, 4.69) is 5.32 Å². The molecule has 0 aromatic carbocycles. The number of rotatable bonds is 6. The summed E-state index contributed by atoms with van der Waals surface area (Å²) >= 11 is 1.64. The highest BCUT2D eigenvalue weighted by Crippen LogP contribution is 2.14. The van der Waals surface area contributed by atoms with Gasteiger partial charge < -0.3 is 14.8 Å². The Bertz CT molecular complexity index is 370. The summed E-state index contributed by atoms with van der Waals surface area (Å²) in [5, 5.41) is 11.8.